The van der Waals surface area contributed by atoms with Crippen molar-refractivity contribution in [3.8, 4) is 17.2 Å². The maximum atomic E-state index is 12.7. The molecule has 0 saturated heterocycles. The van der Waals surface area contributed by atoms with Crippen LogP contribution in [0.1, 0.15) is 5.56 Å². The number of hydrogen-bond donors (Lipinski definition) is 0. The summed E-state index contributed by atoms with van der Waals surface area (Å²) in [7, 11) is -2.03. The highest BCUT2D eigenvalue weighted by Gasteiger charge is 2.17. The van der Waals surface area contributed by atoms with Crippen molar-refractivity contribution in [2.45, 2.75) is 16.7 Å². The van der Waals surface area contributed by atoms with E-state index in [-0.39, 0.29) is 9.79 Å². The second kappa shape index (κ2) is 6.99. The Morgan fingerprint density at radius 1 is 0.640 bits per heavy atom. The largest absolute Gasteiger partial charge is 0.497 e. The van der Waals surface area contributed by atoms with Gasteiger partial charge in [0.05, 0.1) is 16.9 Å². The van der Waals surface area contributed by atoms with Crippen molar-refractivity contribution in [2.75, 3.05) is 7.11 Å². The van der Waals surface area contributed by atoms with Crippen LogP contribution in [0.5, 0.6) is 17.2 Å². The van der Waals surface area contributed by atoms with Gasteiger partial charge in [-0.1, -0.05) is 17.7 Å². The van der Waals surface area contributed by atoms with Crippen LogP contribution < -0.4 is 9.47 Å². The fourth-order valence-electron chi connectivity index (χ4n) is 2.32. The lowest BCUT2D eigenvalue weighted by Crippen LogP contribution is -2.01. The molecular formula is C20H18O4S. The first-order valence-electron chi connectivity index (χ1n) is 7.73. The summed E-state index contributed by atoms with van der Waals surface area (Å²) in [5, 5.41) is 0. The predicted octanol–water partition coefficient (Wildman–Crippen LogP) is 4.63. The molecule has 0 unspecified atom stereocenters. The van der Waals surface area contributed by atoms with Crippen LogP contribution in [-0.2, 0) is 9.84 Å². The molecule has 0 aliphatic rings. The quantitative estimate of drug-likeness (QED) is 0.670. The summed E-state index contributed by atoms with van der Waals surface area (Å²) >= 11 is 0. The Morgan fingerprint density at radius 3 is 1.48 bits per heavy atom. The Labute approximate surface area is 147 Å². The molecule has 0 aliphatic heterocycles. The SMILES string of the molecule is COc1ccc(S(=O)(=O)c2ccc(Oc3ccc(C)cc3)cc2)cc1. The van der Waals surface area contributed by atoms with Crippen LogP contribution >= 0.6 is 0 Å². The number of aryl methyl sites for hydroxylation is 1. The zero-order chi connectivity index (χ0) is 17.9. The van der Waals surface area contributed by atoms with Gasteiger partial charge in [-0.05, 0) is 67.6 Å². The summed E-state index contributed by atoms with van der Waals surface area (Å²) in [5.74, 6) is 1.90. The molecule has 0 aromatic heterocycles. The van der Waals surface area contributed by atoms with E-state index in [9.17, 15) is 8.42 Å². The fraction of sp³-hybridized carbons (Fsp3) is 0.100. The van der Waals surface area contributed by atoms with Crippen molar-refractivity contribution < 1.29 is 17.9 Å². The van der Waals surface area contributed by atoms with Crippen molar-refractivity contribution in [1.82, 2.24) is 0 Å². The van der Waals surface area contributed by atoms with E-state index in [0.29, 0.717) is 17.2 Å². The highest BCUT2D eigenvalue weighted by molar-refractivity contribution is 7.91. The summed E-state index contributed by atoms with van der Waals surface area (Å²) < 4.78 is 36.1. The number of rotatable bonds is 5. The first kappa shape index (κ1) is 17.0. The van der Waals surface area contributed by atoms with Gasteiger partial charge in [-0.2, -0.15) is 0 Å². The van der Waals surface area contributed by atoms with Gasteiger partial charge in [0.1, 0.15) is 17.2 Å². The van der Waals surface area contributed by atoms with E-state index in [1.165, 1.54) is 19.2 Å². The van der Waals surface area contributed by atoms with Crippen molar-refractivity contribution in [3.05, 3.63) is 78.4 Å². The third-order valence-corrected chi connectivity index (χ3v) is 5.55. The highest BCUT2D eigenvalue weighted by atomic mass is 32.2. The molecule has 0 spiro atoms. The molecule has 0 bridgehead atoms. The van der Waals surface area contributed by atoms with Gasteiger partial charge in [0, 0.05) is 0 Å². The molecule has 0 fully saturated rings. The lowest BCUT2D eigenvalue weighted by molar-refractivity contribution is 0.414. The van der Waals surface area contributed by atoms with E-state index in [2.05, 4.69) is 0 Å². The Morgan fingerprint density at radius 2 is 1.04 bits per heavy atom. The number of sulfone groups is 1. The second-order valence-electron chi connectivity index (χ2n) is 5.57. The summed E-state index contributed by atoms with van der Waals surface area (Å²) in [4.78, 5) is 0.439. The molecule has 0 aliphatic carbocycles. The smallest absolute Gasteiger partial charge is 0.206 e. The van der Waals surface area contributed by atoms with Crippen molar-refractivity contribution in [3.63, 3.8) is 0 Å². The normalized spacial score (nSPS) is 11.1. The van der Waals surface area contributed by atoms with Crippen molar-refractivity contribution in [2.24, 2.45) is 0 Å². The molecule has 0 amide bonds. The van der Waals surface area contributed by atoms with Crippen LogP contribution in [-0.4, -0.2) is 15.5 Å². The zero-order valence-electron chi connectivity index (χ0n) is 14.0. The lowest BCUT2D eigenvalue weighted by Gasteiger charge is -2.08. The minimum Gasteiger partial charge on any atom is -0.497 e. The van der Waals surface area contributed by atoms with E-state index in [1.54, 1.807) is 36.4 Å². The van der Waals surface area contributed by atoms with Crippen LogP contribution in [0.2, 0.25) is 0 Å². The molecule has 0 N–H and O–H groups in total. The molecule has 0 atom stereocenters. The standard InChI is InChI=1S/C20H18O4S/c1-15-3-5-17(6-4-15)24-18-9-13-20(14-10-18)25(21,22)19-11-7-16(23-2)8-12-19/h3-14H,1-2H3. The Hall–Kier alpha value is -2.79. The molecule has 4 nitrogen and oxygen atoms in total. The number of ether oxygens (including phenoxy) is 2. The topological polar surface area (TPSA) is 52.6 Å². The predicted molar refractivity (Wildman–Crippen MR) is 96.1 cm³/mol. The van der Waals surface area contributed by atoms with E-state index in [0.717, 1.165) is 5.56 Å². The van der Waals surface area contributed by atoms with E-state index in [4.69, 9.17) is 9.47 Å². The second-order valence-corrected chi connectivity index (χ2v) is 7.52. The molecular weight excluding hydrogens is 336 g/mol. The number of benzene rings is 3. The maximum Gasteiger partial charge on any atom is 0.206 e. The Balaban J connectivity index is 1.81. The zero-order valence-corrected chi connectivity index (χ0v) is 14.8. The Kier molecular flexibility index (Phi) is 4.76. The molecule has 0 heterocycles. The molecule has 5 heteroatoms. The molecule has 25 heavy (non-hydrogen) atoms. The van der Waals surface area contributed by atoms with Gasteiger partial charge in [-0.25, -0.2) is 8.42 Å². The van der Waals surface area contributed by atoms with Gasteiger partial charge in [-0.15, -0.1) is 0 Å². The minimum absolute atomic E-state index is 0.217. The average Bonchev–Trinajstić information content (AvgIpc) is 2.64. The first-order valence-corrected chi connectivity index (χ1v) is 9.21. The monoisotopic (exact) mass is 354 g/mol. The van der Waals surface area contributed by atoms with Gasteiger partial charge < -0.3 is 9.47 Å². The number of methoxy groups -OCH3 is 1. The van der Waals surface area contributed by atoms with Gasteiger partial charge in [0.25, 0.3) is 0 Å². The van der Waals surface area contributed by atoms with Crippen LogP contribution in [0.15, 0.2) is 82.6 Å². The van der Waals surface area contributed by atoms with Crippen LogP contribution in [0.25, 0.3) is 0 Å². The summed E-state index contributed by atoms with van der Waals surface area (Å²) in [6, 6.07) is 20.4. The Bertz CT molecular complexity index is 942. The lowest BCUT2D eigenvalue weighted by atomic mass is 10.2. The van der Waals surface area contributed by atoms with Gasteiger partial charge >= 0.3 is 0 Å². The summed E-state index contributed by atoms with van der Waals surface area (Å²) in [6.07, 6.45) is 0. The number of hydrogen-bond acceptors (Lipinski definition) is 4. The molecule has 0 saturated carbocycles. The van der Waals surface area contributed by atoms with Gasteiger partial charge in [0.15, 0.2) is 0 Å². The minimum atomic E-state index is -3.57. The van der Waals surface area contributed by atoms with Gasteiger partial charge in [0.2, 0.25) is 9.84 Å². The van der Waals surface area contributed by atoms with E-state index in [1.807, 2.05) is 31.2 Å². The molecule has 3 aromatic rings. The highest BCUT2D eigenvalue weighted by Crippen LogP contribution is 2.27. The van der Waals surface area contributed by atoms with Crippen molar-refractivity contribution >= 4 is 9.84 Å². The third kappa shape index (κ3) is 3.83. The van der Waals surface area contributed by atoms with E-state index >= 15 is 0 Å². The first-order chi connectivity index (χ1) is 12.0. The van der Waals surface area contributed by atoms with Crippen LogP contribution in [0, 0.1) is 6.92 Å². The third-order valence-electron chi connectivity index (χ3n) is 3.76. The van der Waals surface area contributed by atoms with Crippen molar-refractivity contribution in [1.29, 1.82) is 0 Å². The van der Waals surface area contributed by atoms with E-state index < -0.39 is 9.84 Å². The average molecular weight is 354 g/mol. The van der Waals surface area contributed by atoms with Crippen LogP contribution in [0.4, 0.5) is 0 Å². The molecule has 3 aromatic carbocycles. The van der Waals surface area contributed by atoms with Gasteiger partial charge in [-0.3, -0.25) is 0 Å². The van der Waals surface area contributed by atoms with Crippen LogP contribution in [0.3, 0.4) is 0 Å². The molecule has 128 valence electrons. The molecule has 0 radical (unpaired) electrons. The summed E-state index contributed by atoms with van der Waals surface area (Å²) in [5.41, 5.74) is 1.15. The maximum absolute atomic E-state index is 12.7. The molecule has 3 rings (SSSR count). The summed E-state index contributed by atoms with van der Waals surface area (Å²) in [6.45, 7) is 2.00. The fourth-order valence-corrected chi connectivity index (χ4v) is 3.58.